The molecule has 1 aromatic heterocycles. The number of furan rings is 1. The molecule has 5 nitrogen and oxygen atoms in total. The molecule has 2 heterocycles. The number of benzene rings is 2. The van der Waals surface area contributed by atoms with E-state index in [1.807, 2.05) is 31.2 Å². The van der Waals surface area contributed by atoms with Crippen molar-refractivity contribution in [2.75, 3.05) is 6.61 Å². The van der Waals surface area contributed by atoms with Gasteiger partial charge in [0.1, 0.15) is 17.3 Å². The van der Waals surface area contributed by atoms with Crippen LogP contribution in [0.3, 0.4) is 0 Å². The van der Waals surface area contributed by atoms with Crippen molar-refractivity contribution in [3.8, 4) is 17.1 Å². The number of hydrogen-bond acceptors (Lipinski definition) is 5. The highest BCUT2D eigenvalue weighted by atomic mass is 35.5. The van der Waals surface area contributed by atoms with Crippen LogP contribution in [-0.2, 0) is 4.79 Å². The van der Waals surface area contributed by atoms with Crippen LogP contribution in [0.2, 0.25) is 10.0 Å². The molecule has 1 saturated heterocycles. The van der Waals surface area contributed by atoms with Crippen molar-refractivity contribution >= 4 is 57.8 Å². The molecular formula is C22H16Cl2N2O3S. The minimum absolute atomic E-state index is 0.238. The van der Waals surface area contributed by atoms with Crippen LogP contribution in [0.15, 0.2) is 68.9 Å². The first-order chi connectivity index (χ1) is 14.5. The first-order valence-corrected chi connectivity index (χ1v) is 10.7. The van der Waals surface area contributed by atoms with Crippen LogP contribution in [0.5, 0.6) is 5.75 Å². The molecule has 1 fully saturated rings. The number of aliphatic imine (C=N–C) groups is 1. The first-order valence-electron chi connectivity index (χ1n) is 9.10. The third kappa shape index (κ3) is 4.56. The minimum atomic E-state index is -0.238. The monoisotopic (exact) mass is 458 g/mol. The summed E-state index contributed by atoms with van der Waals surface area (Å²) in [5.41, 5.74) is 1.34. The van der Waals surface area contributed by atoms with E-state index in [1.165, 1.54) is 11.8 Å². The van der Waals surface area contributed by atoms with Gasteiger partial charge in [0.05, 0.1) is 32.8 Å². The Morgan fingerprint density at radius 2 is 1.83 bits per heavy atom. The van der Waals surface area contributed by atoms with Crippen molar-refractivity contribution in [1.82, 2.24) is 5.32 Å². The number of halogens is 2. The summed E-state index contributed by atoms with van der Waals surface area (Å²) < 4.78 is 11.3. The molecule has 0 unspecified atom stereocenters. The van der Waals surface area contributed by atoms with E-state index in [2.05, 4.69) is 10.3 Å². The average molecular weight is 459 g/mol. The molecule has 152 valence electrons. The van der Waals surface area contributed by atoms with E-state index in [1.54, 1.807) is 36.4 Å². The highest BCUT2D eigenvalue weighted by Crippen LogP contribution is 2.36. The van der Waals surface area contributed by atoms with Gasteiger partial charge in [-0.2, -0.15) is 0 Å². The van der Waals surface area contributed by atoms with E-state index in [0.717, 1.165) is 11.4 Å². The van der Waals surface area contributed by atoms with Crippen molar-refractivity contribution in [2.45, 2.75) is 6.92 Å². The SMILES string of the molecule is CCOc1ccc(N=C2NC(=O)/C(=C\c3ccc(-c4c(Cl)cccc4Cl)o3)S2)cc1. The zero-order chi connectivity index (χ0) is 21.1. The number of nitrogens with one attached hydrogen (secondary N) is 1. The minimum Gasteiger partial charge on any atom is -0.494 e. The molecular weight excluding hydrogens is 443 g/mol. The van der Waals surface area contributed by atoms with Crippen LogP contribution < -0.4 is 10.1 Å². The Bertz CT molecular complexity index is 1130. The summed E-state index contributed by atoms with van der Waals surface area (Å²) in [5.74, 6) is 1.58. The number of rotatable bonds is 5. The van der Waals surface area contributed by atoms with E-state index >= 15 is 0 Å². The summed E-state index contributed by atoms with van der Waals surface area (Å²) >= 11 is 13.7. The largest absolute Gasteiger partial charge is 0.494 e. The van der Waals surface area contributed by atoms with Crippen LogP contribution in [0, 0.1) is 0 Å². The lowest BCUT2D eigenvalue weighted by Gasteiger charge is -2.02. The number of ether oxygens (including phenoxy) is 1. The molecule has 1 amide bonds. The summed E-state index contributed by atoms with van der Waals surface area (Å²) in [4.78, 5) is 17.3. The van der Waals surface area contributed by atoms with Gasteiger partial charge in [0.25, 0.3) is 5.91 Å². The van der Waals surface area contributed by atoms with Crippen molar-refractivity contribution in [3.05, 3.63) is 75.3 Å². The quantitative estimate of drug-likeness (QED) is 0.440. The average Bonchev–Trinajstić information content (AvgIpc) is 3.30. The van der Waals surface area contributed by atoms with Crippen molar-refractivity contribution < 1.29 is 13.9 Å². The molecule has 3 aromatic rings. The predicted octanol–water partition coefficient (Wildman–Crippen LogP) is 6.54. The second kappa shape index (κ2) is 9.00. The predicted molar refractivity (Wildman–Crippen MR) is 123 cm³/mol. The number of amidine groups is 1. The normalized spacial score (nSPS) is 16.3. The zero-order valence-corrected chi connectivity index (χ0v) is 18.1. The maximum atomic E-state index is 12.3. The highest BCUT2D eigenvalue weighted by molar-refractivity contribution is 8.18. The lowest BCUT2D eigenvalue weighted by Crippen LogP contribution is -2.19. The van der Waals surface area contributed by atoms with Gasteiger partial charge in [0.2, 0.25) is 0 Å². The molecule has 1 N–H and O–H groups in total. The van der Waals surface area contributed by atoms with Crippen LogP contribution in [0.4, 0.5) is 5.69 Å². The van der Waals surface area contributed by atoms with Crippen LogP contribution in [0.25, 0.3) is 17.4 Å². The Labute approximate surface area is 187 Å². The van der Waals surface area contributed by atoms with Gasteiger partial charge in [-0.3, -0.25) is 4.79 Å². The summed E-state index contributed by atoms with van der Waals surface area (Å²) in [6, 6.07) is 16.1. The maximum absolute atomic E-state index is 12.3. The number of thioether (sulfide) groups is 1. The summed E-state index contributed by atoms with van der Waals surface area (Å²) in [7, 11) is 0. The van der Waals surface area contributed by atoms with Crippen LogP contribution in [0.1, 0.15) is 12.7 Å². The third-order valence-corrected chi connectivity index (χ3v) is 5.68. The number of nitrogens with zero attached hydrogens (tertiary/aromatic N) is 1. The summed E-state index contributed by atoms with van der Waals surface area (Å²) in [6.45, 7) is 2.53. The highest BCUT2D eigenvalue weighted by Gasteiger charge is 2.24. The molecule has 0 aliphatic carbocycles. The van der Waals surface area contributed by atoms with Gasteiger partial charge in [-0.05, 0) is 67.2 Å². The van der Waals surface area contributed by atoms with E-state index in [4.69, 9.17) is 32.4 Å². The fraction of sp³-hybridized carbons (Fsp3) is 0.0909. The summed E-state index contributed by atoms with van der Waals surface area (Å²) in [6.07, 6.45) is 1.66. The molecule has 0 radical (unpaired) electrons. The Kier molecular flexibility index (Phi) is 6.18. The standard InChI is InChI=1S/C22H16Cl2N2O3S/c1-2-28-14-8-6-13(7-9-14)25-22-26-21(27)19(30-22)12-15-10-11-18(29-15)20-16(23)4-3-5-17(20)24/h3-12H,2H2,1H3,(H,25,26,27)/b19-12+. The van der Waals surface area contributed by atoms with E-state index in [-0.39, 0.29) is 5.91 Å². The van der Waals surface area contributed by atoms with E-state index in [0.29, 0.717) is 43.8 Å². The number of hydrogen-bond donors (Lipinski definition) is 1. The topological polar surface area (TPSA) is 63.8 Å². The Hall–Kier alpha value is -2.67. The van der Waals surface area contributed by atoms with Crippen molar-refractivity contribution in [3.63, 3.8) is 0 Å². The Morgan fingerprint density at radius 1 is 1.10 bits per heavy atom. The number of carbonyl (C=O) groups excluding carboxylic acids is 1. The fourth-order valence-electron chi connectivity index (χ4n) is 2.81. The van der Waals surface area contributed by atoms with E-state index in [9.17, 15) is 4.79 Å². The molecule has 0 bridgehead atoms. The Balaban J connectivity index is 1.53. The van der Waals surface area contributed by atoms with Gasteiger partial charge in [0, 0.05) is 6.08 Å². The van der Waals surface area contributed by atoms with Gasteiger partial charge in [0.15, 0.2) is 5.17 Å². The lowest BCUT2D eigenvalue weighted by molar-refractivity contribution is -0.115. The zero-order valence-electron chi connectivity index (χ0n) is 15.8. The third-order valence-electron chi connectivity index (χ3n) is 4.14. The maximum Gasteiger partial charge on any atom is 0.264 e. The van der Waals surface area contributed by atoms with Gasteiger partial charge >= 0.3 is 0 Å². The fourth-order valence-corrected chi connectivity index (χ4v) is 4.21. The Morgan fingerprint density at radius 3 is 2.53 bits per heavy atom. The molecule has 0 atom stereocenters. The van der Waals surface area contributed by atoms with Crippen molar-refractivity contribution in [2.24, 2.45) is 4.99 Å². The summed E-state index contributed by atoms with van der Waals surface area (Å²) in [5, 5.41) is 4.24. The van der Waals surface area contributed by atoms with Crippen LogP contribution >= 0.6 is 35.0 Å². The molecule has 0 saturated carbocycles. The number of carbonyl (C=O) groups is 1. The molecule has 1 aliphatic heterocycles. The second-order valence-electron chi connectivity index (χ2n) is 6.21. The molecule has 8 heteroatoms. The molecule has 0 spiro atoms. The van der Waals surface area contributed by atoms with Gasteiger partial charge in [-0.1, -0.05) is 29.3 Å². The molecule has 2 aromatic carbocycles. The van der Waals surface area contributed by atoms with Gasteiger partial charge in [-0.15, -0.1) is 0 Å². The lowest BCUT2D eigenvalue weighted by atomic mass is 10.2. The first kappa shape index (κ1) is 20.6. The van der Waals surface area contributed by atoms with E-state index < -0.39 is 0 Å². The van der Waals surface area contributed by atoms with Gasteiger partial charge < -0.3 is 14.5 Å². The smallest absolute Gasteiger partial charge is 0.264 e. The second-order valence-corrected chi connectivity index (χ2v) is 8.05. The number of amides is 1. The van der Waals surface area contributed by atoms with Crippen molar-refractivity contribution in [1.29, 1.82) is 0 Å². The molecule has 1 aliphatic rings. The van der Waals surface area contributed by atoms with Gasteiger partial charge in [-0.25, -0.2) is 4.99 Å². The van der Waals surface area contributed by atoms with Crippen LogP contribution in [-0.4, -0.2) is 17.7 Å². The molecule has 4 rings (SSSR count). The molecule has 30 heavy (non-hydrogen) atoms.